The van der Waals surface area contributed by atoms with E-state index < -0.39 is 10.0 Å². The van der Waals surface area contributed by atoms with Crippen molar-refractivity contribution in [1.29, 1.82) is 0 Å². The van der Waals surface area contributed by atoms with Crippen LogP contribution in [0.15, 0.2) is 18.5 Å². The fourth-order valence-corrected chi connectivity index (χ4v) is 1.59. The SMILES string of the molecule is COc1ccncc1CS(N)(=O)=O. The molecule has 0 amide bonds. The van der Waals surface area contributed by atoms with Gasteiger partial charge >= 0.3 is 0 Å². The molecule has 0 radical (unpaired) electrons. The smallest absolute Gasteiger partial charge is 0.213 e. The maximum atomic E-state index is 10.8. The average molecular weight is 202 g/mol. The summed E-state index contributed by atoms with van der Waals surface area (Å²) in [6.07, 6.45) is 2.94. The molecule has 1 aromatic rings. The van der Waals surface area contributed by atoms with Crippen molar-refractivity contribution in [3.05, 3.63) is 24.0 Å². The van der Waals surface area contributed by atoms with E-state index in [1.807, 2.05) is 0 Å². The topological polar surface area (TPSA) is 82.3 Å². The summed E-state index contributed by atoms with van der Waals surface area (Å²) in [7, 11) is -2.07. The van der Waals surface area contributed by atoms with Gasteiger partial charge in [-0.2, -0.15) is 0 Å². The van der Waals surface area contributed by atoms with Gasteiger partial charge in [-0.1, -0.05) is 0 Å². The number of rotatable bonds is 3. The van der Waals surface area contributed by atoms with Gasteiger partial charge in [0.25, 0.3) is 0 Å². The Morgan fingerprint density at radius 2 is 2.31 bits per heavy atom. The van der Waals surface area contributed by atoms with Crippen molar-refractivity contribution < 1.29 is 13.2 Å². The van der Waals surface area contributed by atoms with Crippen LogP contribution in [0.25, 0.3) is 0 Å². The summed E-state index contributed by atoms with van der Waals surface area (Å²) in [5.41, 5.74) is 0.465. The molecule has 0 atom stereocenters. The first kappa shape index (κ1) is 9.94. The molecule has 6 heteroatoms. The van der Waals surface area contributed by atoms with E-state index >= 15 is 0 Å². The molecule has 13 heavy (non-hydrogen) atoms. The van der Waals surface area contributed by atoms with Crippen molar-refractivity contribution in [2.75, 3.05) is 7.11 Å². The minimum atomic E-state index is -3.53. The Labute approximate surface area is 76.6 Å². The van der Waals surface area contributed by atoms with Crippen LogP contribution in [-0.2, 0) is 15.8 Å². The predicted octanol–water partition coefficient (Wildman–Crippen LogP) is -0.121. The number of pyridine rings is 1. The molecule has 0 spiro atoms. The molecule has 0 saturated carbocycles. The molecule has 2 N–H and O–H groups in total. The molecule has 5 nitrogen and oxygen atoms in total. The molecular formula is C7H10N2O3S. The molecule has 1 rings (SSSR count). The predicted molar refractivity (Wildman–Crippen MR) is 47.6 cm³/mol. The second kappa shape index (κ2) is 3.71. The minimum Gasteiger partial charge on any atom is -0.496 e. The van der Waals surface area contributed by atoms with Crippen molar-refractivity contribution in [2.24, 2.45) is 5.14 Å². The van der Waals surface area contributed by atoms with E-state index in [2.05, 4.69) is 4.98 Å². The molecule has 72 valence electrons. The van der Waals surface area contributed by atoms with Crippen LogP contribution in [0.1, 0.15) is 5.56 Å². The van der Waals surface area contributed by atoms with Crippen LogP contribution in [-0.4, -0.2) is 20.5 Å². The highest BCUT2D eigenvalue weighted by atomic mass is 32.2. The van der Waals surface area contributed by atoms with E-state index in [4.69, 9.17) is 9.88 Å². The zero-order chi connectivity index (χ0) is 9.90. The van der Waals surface area contributed by atoms with Crippen LogP contribution in [0.4, 0.5) is 0 Å². The summed E-state index contributed by atoms with van der Waals surface area (Å²) in [5.74, 6) is 0.216. The number of aromatic nitrogens is 1. The number of ether oxygens (including phenoxy) is 1. The van der Waals surface area contributed by atoms with Crippen LogP contribution in [0.3, 0.4) is 0 Å². The summed E-state index contributed by atoms with van der Waals surface area (Å²) >= 11 is 0. The third kappa shape index (κ3) is 3.00. The summed E-state index contributed by atoms with van der Waals surface area (Å²) in [6, 6.07) is 1.58. The summed E-state index contributed by atoms with van der Waals surface area (Å²) in [6.45, 7) is 0. The average Bonchev–Trinajstić information content (AvgIpc) is 2.02. The van der Waals surface area contributed by atoms with E-state index in [1.165, 1.54) is 19.5 Å². The Bertz CT molecular complexity index is 388. The molecule has 0 bridgehead atoms. The summed E-state index contributed by atoms with van der Waals surface area (Å²) < 4.78 is 26.5. The normalized spacial score (nSPS) is 11.2. The number of primary sulfonamides is 1. The first-order chi connectivity index (χ1) is 6.03. The number of nitrogens with two attached hydrogens (primary N) is 1. The highest BCUT2D eigenvalue weighted by molar-refractivity contribution is 7.88. The maximum Gasteiger partial charge on any atom is 0.213 e. The van der Waals surface area contributed by atoms with Crippen LogP contribution >= 0.6 is 0 Å². The van der Waals surface area contributed by atoms with Gasteiger partial charge < -0.3 is 4.74 Å². The Hall–Kier alpha value is -1.14. The van der Waals surface area contributed by atoms with Crippen LogP contribution in [0.5, 0.6) is 5.75 Å². The lowest BCUT2D eigenvalue weighted by atomic mass is 10.3. The molecule has 1 heterocycles. The molecule has 0 aliphatic carbocycles. The fraction of sp³-hybridized carbons (Fsp3) is 0.286. The molecule has 0 fully saturated rings. The Balaban J connectivity index is 3.01. The highest BCUT2D eigenvalue weighted by Gasteiger charge is 2.09. The molecule has 0 aromatic carbocycles. The summed E-state index contributed by atoms with van der Waals surface area (Å²) in [5, 5.41) is 4.88. The van der Waals surface area contributed by atoms with Gasteiger partial charge in [-0.15, -0.1) is 0 Å². The molecular weight excluding hydrogens is 192 g/mol. The summed E-state index contributed by atoms with van der Waals surface area (Å²) in [4.78, 5) is 3.78. The van der Waals surface area contributed by atoms with Gasteiger partial charge in [0.15, 0.2) is 0 Å². The van der Waals surface area contributed by atoms with Gasteiger partial charge in [0.1, 0.15) is 5.75 Å². The van der Waals surface area contributed by atoms with E-state index in [0.29, 0.717) is 11.3 Å². The lowest BCUT2D eigenvalue weighted by Crippen LogP contribution is -2.15. The monoisotopic (exact) mass is 202 g/mol. The van der Waals surface area contributed by atoms with Gasteiger partial charge in [-0.25, -0.2) is 13.6 Å². The van der Waals surface area contributed by atoms with Gasteiger partial charge in [0, 0.05) is 18.0 Å². The number of nitrogens with zero attached hydrogens (tertiary/aromatic N) is 1. The van der Waals surface area contributed by atoms with Crippen molar-refractivity contribution in [1.82, 2.24) is 4.98 Å². The second-order valence-electron chi connectivity index (χ2n) is 2.49. The molecule has 0 saturated heterocycles. The van der Waals surface area contributed by atoms with Crippen molar-refractivity contribution >= 4 is 10.0 Å². The molecule has 0 aliphatic heterocycles. The fourth-order valence-electron chi connectivity index (χ4n) is 0.939. The number of hydrogen-bond donors (Lipinski definition) is 1. The zero-order valence-corrected chi connectivity index (χ0v) is 7.91. The third-order valence-corrected chi connectivity index (χ3v) is 2.15. The highest BCUT2D eigenvalue weighted by Crippen LogP contribution is 2.17. The van der Waals surface area contributed by atoms with Crippen molar-refractivity contribution in [3.63, 3.8) is 0 Å². The van der Waals surface area contributed by atoms with E-state index in [9.17, 15) is 8.42 Å². The Kier molecular flexibility index (Phi) is 2.84. The molecule has 1 aromatic heterocycles. The van der Waals surface area contributed by atoms with E-state index in [-0.39, 0.29) is 5.75 Å². The Morgan fingerprint density at radius 3 is 2.85 bits per heavy atom. The zero-order valence-electron chi connectivity index (χ0n) is 7.10. The van der Waals surface area contributed by atoms with Crippen molar-refractivity contribution in [3.8, 4) is 5.75 Å². The number of sulfonamides is 1. The van der Waals surface area contributed by atoms with Gasteiger partial charge in [0.2, 0.25) is 10.0 Å². The lowest BCUT2D eigenvalue weighted by Gasteiger charge is -2.05. The first-order valence-corrected chi connectivity index (χ1v) is 5.22. The van der Waals surface area contributed by atoms with E-state index in [1.54, 1.807) is 6.07 Å². The standard InChI is InChI=1S/C7H10N2O3S/c1-12-7-2-3-9-4-6(7)5-13(8,10)11/h2-4H,5H2,1H3,(H2,8,10,11). The largest absolute Gasteiger partial charge is 0.496 e. The van der Waals surface area contributed by atoms with Crippen LogP contribution in [0, 0.1) is 0 Å². The first-order valence-electron chi connectivity index (χ1n) is 3.50. The third-order valence-electron chi connectivity index (χ3n) is 1.44. The lowest BCUT2D eigenvalue weighted by molar-refractivity contribution is 0.410. The van der Waals surface area contributed by atoms with Crippen LogP contribution < -0.4 is 9.88 Å². The second-order valence-corrected chi connectivity index (χ2v) is 4.11. The minimum absolute atomic E-state index is 0.260. The van der Waals surface area contributed by atoms with Crippen molar-refractivity contribution in [2.45, 2.75) is 5.75 Å². The van der Waals surface area contributed by atoms with Gasteiger partial charge in [-0.05, 0) is 6.07 Å². The van der Waals surface area contributed by atoms with Crippen LogP contribution in [0.2, 0.25) is 0 Å². The molecule has 0 aliphatic rings. The number of hydrogen-bond acceptors (Lipinski definition) is 4. The number of methoxy groups -OCH3 is 1. The quantitative estimate of drug-likeness (QED) is 0.740. The Morgan fingerprint density at radius 1 is 1.62 bits per heavy atom. The molecule has 0 unspecified atom stereocenters. The van der Waals surface area contributed by atoms with E-state index in [0.717, 1.165) is 0 Å². The van der Waals surface area contributed by atoms with Gasteiger partial charge in [0.05, 0.1) is 12.9 Å². The van der Waals surface area contributed by atoms with Gasteiger partial charge in [-0.3, -0.25) is 4.98 Å². The maximum absolute atomic E-state index is 10.8.